The first-order chi connectivity index (χ1) is 11.1. The zero-order valence-corrected chi connectivity index (χ0v) is 16.7. The highest BCUT2D eigenvalue weighted by Crippen LogP contribution is 2.65. The topological polar surface area (TPSA) is 46.9 Å². The van der Waals surface area contributed by atoms with Crippen molar-refractivity contribution in [1.82, 2.24) is 14.9 Å². The van der Waals surface area contributed by atoms with E-state index in [1.807, 2.05) is 12.4 Å². The molecule has 0 spiro atoms. The predicted molar refractivity (Wildman–Crippen MR) is 99.1 cm³/mol. The van der Waals surface area contributed by atoms with Crippen LogP contribution in [0, 0.1) is 16.7 Å². The molecule has 2 fully saturated rings. The zero-order valence-electron chi connectivity index (χ0n) is 15.8. The van der Waals surface area contributed by atoms with Crippen molar-refractivity contribution in [3.05, 3.63) is 12.4 Å². The SMILES string of the molecule is CC(C)(C)n1ccnc1SCC(=O)N[C@@H]1C[C@H]2CC[C@@]1(C)C2(C)C. The molecule has 0 radical (unpaired) electrons. The van der Waals surface area contributed by atoms with E-state index in [9.17, 15) is 4.79 Å². The van der Waals surface area contributed by atoms with Crippen LogP contribution in [0.4, 0.5) is 0 Å². The van der Waals surface area contributed by atoms with Crippen molar-refractivity contribution in [2.75, 3.05) is 5.75 Å². The molecule has 1 heterocycles. The van der Waals surface area contributed by atoms with Gasteiger partial charge in [0, 0.05) is 24.0 Å². The fourth-order valence-electron chi connectivity index (χ4n) is 4.70. The monoisotopic (exact) mass is 349 g/mol. The number of carbonyl (C=O) groups excluding carboxylic acids is 1. The molecule has 0 aliphatic heterocycles. The third-order valence-corrected chi connectivity index (χ3v) is 7.76. The van der Waals surface area contributed by atoms with Gasteiger partial charge in [-0.15, -0.1) is 0 Å². The number of fused-ring (bicyclic) bond motifs is 2. The number of amides is 1. The van der Waals surface area contributed by atoms with Crippen LogP contribution >= 0.6 is 11.8 Å². The molecule has 2 aliphatic carbocycles. The molecule has 2 bridgehead atoms. The highest BCUT2D eigenvalue weighted by Gasteiger charge is 2.61. The van der Waals surface area contributed by atoms with Crippen LogP contribution in [-0.4, -0.2) is 27.3 Å². The van der Waals surface area contributed by atoms with Crippen molar-refractivity contribution in [2.24, 2.45) is 16.7 Å². The smallest absolute Gasteiger partial charge is 0.230 e. The number of nitrogens with zero attached hydrogens (tertiary/aromatic N) is 2. The number of carbonyl (C=O) groups is 1. The van der Waals surface area contributed by atoms with Crippen molar-refractivity contribution in [2.45, 2.75) is 77.5 Å². The van der Waals surface area contributed by atoms with Gasteiger partial charge in [-0.2, -0.15) is 0 Å². The molecule has 1 aromatic heterocycles. The molecule has 0 unspecified atom stereocenters. The molecule has 3 rings (SSSR count). The maximum atomic E-state index is 12.5. The van der Waals surface area contributed by atoms with Gasteiger partial charge in [-0.3, -0.25) is 4.79 Å². The van der Waals surface area contributed by atoms with Crippen molar-refractivity contribution < 1.29 is 4.79 Å². The Morgan fingerprint density at radius 3 is 2.67 bits per heavy atom. The number of aromatic nitrogens is 2. The van der Waals surface area contributed by atoms with E-state index >= 15 is 0 Å². The quantitative estimate of drug-likeness (QED) is 0.834. The van der Waals surface area contributed by atoms with Gasteiger partial charge in [0.1, 0.15) is 0 Å². The van der Waals surface area contributed by atoms with Crippen LogP contribution in [-0.2, 0) is 10.3 Å². The Morgan fingerprint density at radius 2 is 2.12 bits per heavy atom. The minimum Gasteiger partial charge on any atom is -0.352 e. The molecular weight excluding hydrogens is 318 g/mol. The summed E-state index contributed by atoms with van der Waals surface area (Å²) in [5.41, 5.74) is 0.555. The standard InChI is InChI=1S/C19H31N3OS/c1-17(2,3)22-10-9-20-16(22)24-12-15(23)21-14-11-13-7-8-19(14,6)18(13,4)5/h9-10,13-14H,7-8,11-12H2,1-6H3,(H,21,23)/t13-,14-,19-/m1/s1. The van der Waals surface area contributed by atoms with Crippen LogP contribution in [0.2, 0.25) is 0 Å². The third kappa shape index (κ3) is 2.79. The number of nitrogens with one attached hydrogen (secondary N) is 1. The summed E-state index contributed by atoms with van der Waals surface area (Å²) in [6, 6.07) is 0.321. The van der Waals surface area contributed by atoms with Crippen LogP contribution in [0.1, 0.15) is 60.8 Å². The highest BCUT2D eigenvalue weighted by atomic mass is 32.2. The molecule has 2 aliphatic rings. The molecule has 5 heteroatoms. The van der Waals surface area contributed by atoms with Gasteiger partial charge in [0.05, 0.1) is 5.75 Å². The third-order valence-electron chi connectivity index (χ3n) is 6.79. The summed E-state index contributed by atoms with van der Waals surface area (Å²) in [4.78, 5) is 16.9. The maximum Gasteiger partial charge on any atom is 0.230 e. The molecule has 134 valence electrons. The lowest BCUT2D eigenvalue weighted by molar-refractivity contribution is -0.120. The second kappa shape index (κ2) is 5.79. The van der Waals surface area contributed by atoms with E-state index in [1.54, 1.807) is 0 Å². The number of thioether (sulfide) groups is 1. The second-order valence-corrected chi connectivity index (χ2v) is 10.2. The molecule has 24 heavy (non-hydrogen) atoms. The van der Waals surface area contributed by atoms with E-state index in [0.717, 1.165) is 17.5 Å². The molecule has 1 amide bonds. The molecule has 0 aromatic carbocycles. The fourth-order valence-corrected chi connectivity index (χ4v) is 5.65. The Balaban J connectivity index is 1.59. The maximum absolute atomic E-state index is 12.5. The minimum absolute atomic E-state index is 0.0165. The largest absolute Gasteiger partial charge is 0.352 e. The van der Waals surface area contributed by atoms with Crippen molar-refractivity contribution >= 4 is 17.7 Å². The summed E-state index contributed by atoms with van der Waals surface area (Å²) in [6.45, 7) is 13.6. The Hall–Kier alpha value is -0.970. The Bertz CT molecular complexity index is 631. The molecular formula is C19H31N3OS. The lowest BCUT2D eigenvalue weighted by atomic mass is 9.69. The van der Waals surface area contributed by atoms with Gasteiger partial charge in [0.2, 0.25) is 5.91 Å². The number of rotatable bonds is 4. The van der Waals surface area contributed by atoms with Crippen molar-refractivity contribution in [3.63, 3.8) is 0 Å². The number of imidazole rings is 1. The normalized spacial score (nSPS) is 31.4. The molecule has 0 saturated heterocycles. The van der Waals surface area contributed by atoms with Gasteiger partial charge >= 0.3 is 0 Å². The minimum atomic E-state index is -0.0165. The molecule has 3 atom stereocenters. The first-order valence-corrected chi connectivity index (χ1v) is 10.0. The van der Waals surface area contributed by atoms with E-state index in [-0.39, 0.29) is 16.9 Å². The van der Waals surface area contributed by atoms with E-state index < -0.39 is 0 Å². The number of hydrogen-bond donors (Lipinski definition) is 1. The lowest BCUT2D eigenvalue weighted by Gasteiger charge is -2.39. The Labute approximate surface area is 150 Å². The summed E-state index contributed by atoms with van der Waals surface area (Å²) in [7, 11) is 0. The first kappa shape index (κ1) is 17.8. The second-order valence-electron chi connectivity index (χ2n) is 9.27. The van der Waals surface area contributed by atoms with Gasteiger partial charge in [0.15, 0.2) is 5.16 Å². The zero-order chi connectivity index (χ0) is 17.8. The summed E-state index contributed by atoms with van der Waals surface area (Å²) < 4.78 is 2.13. The van der Waals surface area contributed by atoms with E-state index in [2.05, 4.69) is 56.4 Å². The Kier molecular flexibility index (Phi) is 4.30. The van der Waals surface area contributed by atoms with Crippen LogP contribution in [0.25, 0.3) is 0 Å². The van der Waals surface area contributed by atoms with Gasteiger partial charge in [-0.25, -0.2) is 4.98 Å². The van der Waals surface area contributed by atoms with Crippen LogP contribution in [0.3, 0.4) is 0 Å². The molecule has 4 nitrogen and oxygen atoms in total. The van der Waals surface area contributed by atoms with Crippen molar-refractivity contribution in [1.29, 1.82) is 0 Å². The first-order valence-electron chi connectivity index (χ1n) is 9.02. The molecule has 1 N–H and O–H groups in total. The molecule has 1 aromatic rings. The van der Waals surface area contributed by atoms with Crippen LogP contribution in [0.15, 0.2) is 17.6 Å². The molecule has 2 saturated carbocycles. The van der Waals surface area contributed by atoms with Crippen LogP contribution in [0.5, 0.6) is 0 Å². The van der Waals surface area contributed by atoms with Crippen LogP contribution < -0.4 is 5.32 Å². The van der Waals surface area contributed by atoms with Gasteiger partial charge in [-0.05, 0) is 56.8 Å². The highest BCUT2D eigenvalue weighted by molar-refractivity contribution is 7.99. The van der Waals surface area contributed by atoms with Gasteiger partial charge in [0.25, 0.3) is 0 Å². The summed E-state index contributed by atoms with van der Waals surface area (Å²) in [5, 5.41) is 4.24. The Morgan fingerprint density at radius 1 is 1.42 bits per heavy atom. The van der Waals surface area contributed by atoms with Gasteiger partial charge < -0.3 is 9.88 Å². The number of hydrogen-bond acceptors (Lipinski definition) is 3. The predicted octanol–water partition coefficient (Wildman–Crippen LogP) is 4.06. The van der Waals surface area contributed by atoms with E-state index in [0.29, 0.717) is 17.2 Å². The van der Waals surface area contributed by atoms with E-state index in [1.165, 1.54) is 24.6 Å². The average Bonchev–Trinajstić information content (AvgIpc) is 3.07. The lowest BCUT2D eigenvalue weighted by Crippen LogP contribution is -2.47. The van der Waals surface area contributed by atoms with Gasteiger partial charge in [-0.1, -0.05) is 32.5 Å². The summed E-state index contributed by atoms with van der Waals surface area (Å²) >= 11 is 1.53. The summed E-state index contributed by atoms with van der Waals surface area (Å²) in [6.07, 6.45) is 7.48. The average molecular weight is 350 g/mol. The fraction of sp³-hybridized carbons (Fsp3) is 0.789. The van der Waals surface area contributed by atoms with E-state index in [4.69, 9.17) is 0 Å². The van der Waals surface area contributed by atoms with Crippen molar-refractivity contribution in [3.8, 4) is 0 Å². The summed E-state index contributed by atoms with van der Waals surface area (Å²) in [5.74, 6) is 1.32.